The van der Waals surface area contributed by atoms with Crippen LogP contribution in [0.5, 0.6) is 0 Å². The Morgan fingerprint density at radius 2 is 1.96 bits per heavy atom. The zero-order valence-corrected chi connectivity index (χ0v) is 16.7. The van der Waals surface area contributed by atoms with Crippen LogP contribution in [0.25, 0.3) is 11.0 Å². The van der Waals surface area contributed by atoms with Crippen molar-refractivity contribution in [2.75, 3.05) is 24.2 Å². The molecule has 9 heteroatoms. The molecule has 2 aromatic heterocycles. The van der Waals surface area contributed by atoms with E-state index in [-0.39, 0.29) is 11.7 Å². The molecule has 3 rings (SSSR count). The number of carbonyl (C=O) groups excluding carboxylic acids is 1. The summed E-state index contributed by atoms with van der Waals surface area (Å²) in [6, 6.07) is 5.46. The third-order valence-electron chi connectivity index (χ3n) is 4.01. The summed E-state index contributed by atoms with van der Waals surface area (Å²) in [5.74, 6) is 1.04. The summed E-state index contributed by atoms with van der Waals surface area (Å²) in [7, 11) is 0. The van der Waals surface area contributed by atoms with E-state index in [1.165, 1.54) is 24.3 Å². The number of halogens is 1. The first-order valence-electron chi connectivity index (χ1n) is 9.26. The fourth-order valence-corrected chi connectivity index (χ4v) is 3.21. The van der Waals surface area contributed by atoms with Gasteiger partial charge in [0.05, 0.1) is 18.1 Å². The molecule has 0 bridgehead atoms. The number of hydrogen-bond acceptors (Lipinski definition) is 6. The quantitative estimate of drug-likeness (QED) is 0.422. The van der Waals surface area contributed by atoms with Crippen molar-refractivity contribution in [1.29, 1.82) is 0 Å². The predicted octanol–water partition coefficient (Wildman–Crippen LogP) is 3.33. The Kier molecular flexibility index (Phi) is 6.80. The van der Waals surface area contributed by atoms with Crippen molar-refractivity contribution in [2.45, 2.75) is 32.0 Å². The van der Waals surface area contributed by atoms with Crippen LogP contribution in [0.1, 0.15) is 30.6 Å². The van der Waals surface area contributed by atoms with Crippen LogP contribution in [-0.2, 0) is 6.54 Å². The smallest absolute Gasteiger partial charge is 0.251 e. The van der Waals surface area contributed by atoms with Crippen molar-refractivity contribution < 1.29 is 9.18 Å². The highest BCUT2D eigenvalue weighted by Gasteiger charge is 2.13. The van der Waals surface area contributed by atoms with Gasteiger partial charge in [-0.3, -0.25) is 4.79 Å². The maximum atomic E-state index is 13.0. The Morgan fingerprint density at radius 3 is 2.68 bits per heavy atom. The first-order chi connectivity index (χ1) is 13.6. The molecular weight excluding hydrogens is 379 g/mol. The molecule has 0 atom stereocenters. The first-order valence-corrected chi connectivity index (χ1v) is 10.2. The molecule has 1 amide bonds. The number of thioether (sulfide) groups is 1. The molecule has 2 heterocycles. The largest absolute Gasteiger partial charge is 0.369 e. The number of nitrogens with zero attached hydrogens (tertiary/aromatic N) is 4. The number of nitrogens with one attached hydrogen (secondary N) is 2. The van der Waals surface area contributed by atoms with E-state index in [2.05, 4.69) is 39.5 Å². The van der Waals surface area contributed by atoms with E-state index in [0.717, 1.165) is 35.6 Å². The number of hydrogen-bond donors (Lipinski definition) is 2. The normalized spacial score (nSPS) is 11.0. The van der Waals surface area contributed by atoms with E-state index in [9.17, 15) is 9.18 Å². The van der Waals surface area contributed by atoms with E-state index in [1.54, 1.807) is 22.6 Å². The molecular formula is C19H23FN6OS. The zero-order valence-electron chi connectivity index (χ0n) is 15.9. The molecule has 0 radical (unpaired) electrons. The standard InChI is InChI=1S/C19H23FN6OS/c1-3-9-21-16-15-12-23-26(17(15)25-19(24-16)28-4-2)11-10-22-18(27)13-5-7-14(20)8-6-13/h5-8,12H,3-4,9-11H2,1-2H3,(H,22,27)(H,21,24,25). The summed E-state index contributed by atoms with van der Waals surface area (Å²) >= 11 is 1.57. The molecule has 0 saturated carbocycles. The van der Waals surface area contributed by atoms with E-state index in [4.69, 9.17) is 0 Å². The molecule has 7 nitrogen and oxygen atoms in total. The second-order valence-electron chi connectivity index (χ2n) is 6.08. The molecule has 0 fully saturated rings. The summed E-state index contributed by atoms with van der Waals surface area (Å²) in [4.78, 5) is 21.4. The Bertz CT molecular complexity index is 943. The topological polar surface area (TPSA) is 84.7 Å². The number of rotatable bonds is 9. The third kappa shape index (κ3) is 4.78. The van der Waals surface area contributed by atoms with Crippen LogP contribution in [0, 0.1) is 5.82 Å². The van der Waals surface area contributed by atoms with Gasteiger partial charge in [-0.1, -0.05) is 25.6 Å². The number of anilines is 1. The van der Waals surface area contributed by atoms with Crippen molar-refractivity contribution in [3.63, 3.8) is 0 Å². The minimum atomic E-state index is -0.368. The van der Waals surface area contributed by atoms with Gasteiger partial charge in [0.1, 0.15) is 11.6 Å². The lowest BCUT2D eigenvalue weighted by Gasteiger charge is -2.09. The van der Waals surface area contributed by atoms with Crippen molar-refractivity contribution in [2.24, 2.45) is 0 Å². The van der Waals surface area contributed by atoms with Crippen molar-refractivity contribution >= 4 is 34.5 Å². The van der Waals surface area contributed by atoms with Gasteiger partial charge in [-0.05, 0) is 36.4 Å². The van der Waals surface area contributed by atoms with Gasteiger partial charge in [-0.15, -0.1) is 0 Å². The maximum absolute atomic E-state index is 13.0. The Balaban J connectivity index is 1.72. The SMILES string of the molecule is CCCNc1nc(SCC)nc2c1cnn2CCNC(=O)c1ccc(F)cc1. The second-order valence-corrected chi connectivity index (χ2v) is 7.31. The van der Waals surface area contributed by atoms with E-state index >= 15 is 0 Å². The van der Waals surface area contributed by atoms with Gasteiger partial charge in [-0.25, -0.2) is 19.0 Å². The van der Waals surface area contributed by atoms with Crippen molar-refractivity contribution in [3.05, 3.63) is 41.8 Å². The number of fused-ring (bicyclic) bond motifs is 1. The molecule has 0 aliphatic rings. The number of aromatic nitrogens is 4. The van der Waals surface area contributed by atoms with Crippen LogP contribution in [0.3, 0.4) is 0 Å². The summed E-state index contributed by atoms with van der Waals surface area (Å²) in [5.41, 5.74) is 1.15. The molecule has 0 spiro atoms. The lowest BCUT2D eigenvalue weighted by Crippen LogP contribution is -2.27. The van der Waals surface area contributed by atoms with Crippen LogP contribution in [0.4, 0.5) is 10.2 Å². The van der Waals surface area contributed by atoms with Crippen molar-refractivity contribution in [1.82, 2.24) is 25.1 Å². The van der Waals surface area contributed by atoms with Crippen LogP contribution >= 0.6 is 11.8 Å². The lowest BCUT2D eigenvalue weighted by atomic mass is 10.2. The summed E-state index contributed by atoms with van der Waals surface area (Å²) in [6.07, 6.45) is 2.74. The summed E-state index contributed by atoms with van der Waals surface area (Å²) in [5, 5.41) is 12.1. The Labute approximate surface area is 167 Å². The molecule has 3 aromatic rings. The molecule has 0 aliphatic heterocycles. The highest BCUT2D eigenvalue weighted by molar-refractivity contribution is 7.99. The van der Waals surface area contributed by atoms with E-state index in [0.29, 0.717) is 23.8 Å². The molecule has 1 aromatic carbocycles. The van der Waals surface area contributed by atoms with Gasteiger partial charge in [0, 0.05) is 18.7 Å². The summed E-state index contributed by atoms with van der Waals surface area (Å²) < 4.78 is 14.7. The average Bonchev–Trinajstić information content (AvgIpc) is 3.10. The molecule has 148 valence electrons. The predicted molar refractivity (Wildman–Crippen MR) is 109 cm³/mol. The van der Waals surface area contributed by atoms with Gasteiger partial charge in [0.2, 0.25) is 0 Å². The molecule has 0 saturated heterocycles. The maximum Gasteiger partial charge on any atom is 0.251 e. The highest BCUT2D eigenvalue weighted by atomic mass is 32.2. The minimum Gasteiger partial charge on any atom is -0.369 e. The van der Waals surface area contributed by atoms with Gasteiger partial charge < -0.3 is 10.6 Å². The minimum absolute atomic E-state index is 0.251. The van der Waals surface area contributed by atoms with E-state index < -0.39 is 0 Å². The lowest BCUT2D eigenvalue weighted by molar-refractivity contribution is 0.0952. The third-order valence-corrected chi connectivity index (χ3v) is 4.74. The monoisotopic (exact) mass is 402 g/mol. The van der Waals surface area contributed by atoms with Gasteiger partial charge >= 0.3 is 0 Å². The number of amides is 1. The van der Waals surface area contributed by atoms with Gasteiger partial charge in [0.25, 0.3) is 5.91 Å². The zero-order chi connectivity index (χ0) is 19.9. The van der Waals surface area contributed by atoms with Gasteiger partial charge in [0.15, 0.2) is 10.8 Å². The van der Waals surface area contributed by atoms with Gasteiger partial charge in [-0.2, -0.15) is 5.10 Å². The fraction of sp³-hybridized carbons (Fsp3) is 0.368. The average molecular weight is 402 g/mol. The number of carbonyl (C=O) groups is 1. The van der Waals surface area contributed by atoms with Crippen molar-refractivity contribution in [3.8, 4) is 0 Å². The highest BCUT2D eigenvalue weighted by Crippen LogP contribution is 2.24. The van der Waals surface area contributed by atoms with Crippen LogP contribution in [0.15, 0.2) is 35.6 Å². The molecule has 28 heavy (non-hydrogen) atoms. The summed E-state index contributed by atoms with van der Waals surface area (Å²) in [6.45, 7) is 5.82. The molecule has 2 N–H and O–H groups in total. The van der Waals surface area contributed by atoms with Crippen LogP contribution in [0.2, 0.25) is 0 Å². The Hall–Kier alpha value is -2.68. The molecule has 0 unspecified atom stereocenters. The van der Waals surface area contributed by atoms with Crippen LogP contribution in [-0.4, -0.2) is 44.5 Å². The second kappa shape index (κ2) is 9.50. The molecule has 0 aliphatic carbocycles. The van der Waals surface area contributed by atoms with Crippen LogP contribution < -0.4 is 10.6 Å². The van der Waals surface area contributed by atoms with E-state index in [1.807, 2.05) is 0 Å². The first kappa shape index (κ1) is 20.1. The Morgan fingerprint density at radius 1 is 1.18 bits per heavy atom. The fourth-order valence-electron chi connectivity index (χ4n) is 2.65. The number of benzene rings is 1.